The van der Waals surface area contributed by atoms with Crippen molar-refractivity contribution in [2.24, 2.45) is 11.3 Å². The van der Waals surface area contributed by atoms with Crippen LogP contribution in [0.4, 0.5) is 5.69 Å². The summed E-state index contributed by atoms with van der Waals surface area (Å²) in [5.41, 5.74) is 3.15. The third-order valence-corrected chi connectivity index (χ3v) is 4.25. The Hall–Kier alpha value is -2.43. The summed E-state index contributed by atoms with van der Waals surface area (Å²) >= 11 is 0. The van der Waals surface area contributed by atoms with Crippen molar-refractivity contribution < 1.29 is 4.79 Å². The number of carbonyl (C=O) groups excluding carboxylic acids is 1. The highest BCUT2D eigenvalue weighted by Crippen LogP contribution is 2.51. The van der Waals surface area contributed by atoms with E-state index in [9.17, 15) is 9.59 Å². The van der Waals surface area contributed by atoms with E-state index in [1.807, 2.05) is 31.2 Å². The van der Waals surface area contributed by atoms with Crippen molar-refractivity contribution >= 4 is 11.6 Å². The lowest BCUT2D eigenvalue weighted by atomic mass is 10.1. The number of rotatable bonds is 3. The van der Waals surface area contributed by atoms with E-state index in [0.29, 0.717) is 0 Å². The number of aryl methyl sites for hydroxylation is 1. The number of hydrogen-bond acceptors (Lipinski definition) is 3. The third-order valence-electron chi connectivity index (χ3n) is 4.25. The van der Waals surface area contributed by atoms with Gasteiger partial charge in [-0.1, -0.05) is 26.0 Å². The Morgan fingerprint density at radius 2 is 1.95 bits per heavy atom. The molecule has 1 aromatic carbocycles. The molecule has 1 heterocycles. The first-order chi connectivity index (χ1) is 10.4. The van der Waals surface area contributed by atoms with Gasteiger partial charge in [-0.2, -0.15) is 5.10 Å². The Labute approximate surface area is 128 Å². The van der Waals surface area contributed by atoms with Crippen molar-refractivity contribution in [3.63, 3.8) is 0 Å². The lowest BCUT2D eigenvalue weighted by Crippen LogP contribution is -2.16. The summed E-state index contributed by atoms with van der Waals surface area (Å²) in [5, 5.41) is 9.46. The highest BCUT2D eigenvalue weighted by molar-refractivity contribution is 5.95. The largest absolute Gasteiger partial charge is 0.326 e. The Balaban J connectivity index is 1.75. The van der Waals surface area contributed by atoms with Gasteiger partial charge in [-0.05, 0) is 36.5 Å². The molecule has 3 rings (SSSR count). The molecule has 0 radical (unpaired) electrons. The number of hydrogen-bond donors (Lipinski definition) is 2. The lowest BCUT2D eigenvalue weighted by molar-refractivity contribution is -0.118. The van der Waals surface area contributed by atoms with Gasteiger partial charge < -0.3 is 5.32 Å². The lowest BCUT2D eigenvalue weighted by Gasteiger charge is -2.08. The van der Waals surface area contributed by atoms with Crippen LogP contribution in [0.5, 0.6) is 0 Å². The van der Waals surface area contributed by atoms with Crippen LogP contribution in [0, 0.1) is 18.3 Å². The van der Waals surface area contributed by atoms with E-state index in [1.165, 1.54) is 6.07 Å². The van der Waals surface area contributed by atoms with Crippen LogP contribution < -0.4 is 10.9 Å². The van der Waals surface area contributed by atoms with E-state index in [4.69, 9.17) is 0 Å². The molecular formula is C17H19N3O2. The van der Waals surface area contributed by atoms with Crippen molar-refractivity contribution in [1.29, 1.82) is 0 Å². The van der Waals surface area contributed by atoms with E-state index in [0.717, 1.165) is 28.9 Å². The van der Waals surface area contributed by atoms with Crippen LogP contribution >= 0.6 is 0 Å². The van der Waals surface area contributed by atoms with Gasteiger partial charge in [-0.15, -0.1) is 0 Å². The van der Waals surface area contributed by atoms with Crippen molar-refractivity contribution in [2.45, 2.75) is 27.2 Å². The quantitative estimate of drug-likeness (QED) is 0.914. The molecule has 1 saturated carbocycles. The van der Waals surface area contributed by atoms with Crippen molar-refractivity contribution in [2.75, 3.05) is 5.32 Å². The maximum atomic E-state index is 12.1. The van der Waals surface area contributed by atoms with E-state index in [1.54, 1.807) is 0 Å². The summed E-state index contributed by atoms with van der Waals surface area (Å²) in [5.74, 6) is 0.186. The minimum Gasteiger partial charge on any atom is -0.326 e. The number of carbonyl (C=O) groups is 1. The number of aromatic amines is 1. The molecule has 22 heavy (non-hydrogen) atoms. The maximum absolute atomic E-state index is 12.1. The predicted octanol–water partition coefficient (Wildman–Crippen LogP) is 2.73. The Morgan fingerprint density at radius 1 is 1.32 bits per heavy atom. The summed E-state index contributed by atoms with van der Waals surface area (Å²) in [4.78, 5) is 23.3. The van der Waals surface area contributed by atoms with Crippen LogP contribution in [0.2, 0.25) is 0 Å². The molecule has 5 heteroatoms. The molecule has 1 atom stereocenters. The molecule has 1 aliphatic carbocycles. The zero-order valence-electron chi connectivity index (χ0n) is 12.9. The van der Waals surface area contributed by atoms with Crippen molar-refractivity contribution in [3.05, 3.63) is 46.2 Å². The van der Waals surface area contributed by atoms with Gasteiger partial charge in [0.25, 0.3) is 5.56 Å². The molecule has 2 N–H and O–H groups in total. The normalized spacial score (nSPS) is 18.8. The van der Waals surface area contributed by atoms with E-state index >= 15 is 0 Å². The minimum atomic E-state index is -0.211. The topological polar surface area (TPSA) is 74.8 Å². The number of anilines is 1. The second-order valence-electron chi connectivity index (χ2n) is 6.58. The summed E-state index contributed by atoms with van der Waals surface area (Å²) < 4.78 is 0. The standard InChI is InChI=1S/C17H19N3O2/c1-10-8-14(21)19-20-15(10)11-4-6-12(7-5-11)18-16(22)13-9-17(13,2)3/h4-8,13H,9H2,1-3H3,(H,18,22)(H,19,21). The monoisotopic (exact) mass is 297 g/mol. The minimum absolute atomic E-state index is 0.0797. The van der Waals surface area contributed by atoms with Crippen LogP contribution in [0.25, 0.3) is 11.3 Å². The third kappa shape index (κ3) is 2.79. The first-order valence-corrected chi connectivity index (χ1v) is 7.34. The van der Waals surface area contributed by atoms with Gasteiger partial charge in [0.2, 0.25) is 5.91 Å². The summed E-state index contributed by atoms with van der Waals surface area (Å²) in [6, 6.07) is 9.01. The summed E-state index contributed by atoms with van der Waals surface area (Å²) in [6.45, 7) is 6.05. The first kappa shape index (κ1) is 14.5. The van der Waals surface area contributed by atoms with Gasteiger partial charge in [0, 0.05) is 23.2 Å². The molecule has 0 saturated heterocycles. The molecule has 0 spiro atoms. The second kappa shape index (κ2) is 5.09. The Bertz CT molecular complexity index is 775. The van der Waals surface area contributed by atoms with Crippen LogP contribution in [0.15, 0.2) is 35.1 Å². The van der Waals surface area contributed by atoms with Gasteiger partial charge in [0.15, 0.2) is 0 Å². The molecule has 1 aromatic heterocycles. The van der Waals surface area contributed by atoms with Crippen LogP contribution in [-0.4, -0.2) is 16.1 Å². The first-order valence-electron chi connectivity index (χ1n) is 7.34. The molecule has 1 aliphatic rings. The number of nitrogens with one attached hydrogen (secondary N) is 2. The van der Waals surface area contributed by atoms with Crippen molar-refractivity contribution in [3.8, 4) is 11.3 Å². The number of H-pyrrole nitrogens is 1. The van der Waals surface area contributed by atoms with E-state index in [2.05, 4.69) is 29.4 Å². The van der Waals surface area contributed by atoms with Crippen LogP contribution in [0.3, 0.4) is 0 Å². The smallest absolute Gasteiger partial charge is 0.264 e. The predicted molar refractivity (Wildman–Crippen MR) is 85.5 cm³/mol. The molecule has 5 nitrogen and oxygen atoms in total. The van der Waals surface area contributed by atoms with Gasteiger partial charge in [-0.3, -0.25) is 9.59 Å². The zero-order chi connectivity index (χ0) is 15.9. The van der Waals surface area contributed by atoms with Gasteiger partial charge in [0.05, 0.1) is 5.69 Å². The Kier molecular flexibility index (Phi) is 3.35. The van der Waals surface area contributed by atoms with Gasteiger partial charge >= 0.3 is 0 Å². The molecule has 1 amide bonds. The van der Waals surface area contributed by atoms with E-state index < -0.39 is 0 Å². The average molecular weight is 297 g/mol. The fraction of sp³-hybridized carbons (Fsp3) is 0.353. The Morgan fingerprint density at radius 3 is 2.50 bits per heavy atom. The zero-order valence-corrected chi connectivity index (χ0v) is 12.9. The molecule has 0 aliphatic heterocycles. The SMILES string of the molecule is Cc1cc(=O)[nH]nc1-c1ccc(NC(=O)C2CC2(C)C)cc1. The maximum Gasteiger partial charge on any atom is 0.264 e. The summed E-state index contributed by atoms with van der Waals surface area (Å²) in [7, 11) is 0. The van der Waals surface area contributed by atoms with Crippen LogP contribution in [0.1, 0.15) is 25.8 Å². The average Bonchev–Trinajstić information content (AvgIpc) is 3.09. The fourth-order valence-corrected chi connectivity index (χ4v) is 2.64. The number of amides is 1. The fourth-order valence-electron chi connectivity index (χ4n) is 2.64. The molecule has 0 bridgehead atoms. The number of benzene rings is 1. The molecule has 114 valence electrons. The highest BCUT2D eigenvalue weighted by atomic mass is 16.2. The second-order valence-corrected chi connectivity index (χ2v) is 6.58. The highest BCUT2D eigenvalue weighted by Gasteiger charge is 2.50. The van der Waals surface area contributed by atoms with Crippen LogP contribution in [-0.2, 0) is 4.79 Å². The van der Waals surface area contributed by atoms with Crippen molar-refractivity contribution in [1.82, 2.24) is 10.2 Å². The van der Waals surface area contributed by atoms with Gasteiger partial charge in [-0.25, -0.2) is 5.10 Å². The number of aromatic nitrogens is 2. The number of nitrogens with zero attached hydrogens (tertiary/aromatic N) is 1. The molecule has 1 fully saturated rings. The molecular weight excluding hydrogens is 278 g/mol. The van der Waals surface area contributed by atoms with E-state index in [-0.39, 0.29) is 22.8 Å². The molecule has 1 unspecified atom stereocenters. The van der Waals surface area contributed by atoms with Gasteiger partial charge in [0.1, 0.15) is 0 Å². The molecule has 2 aromatic rings. The summed E-state index contributed by atoms with van der Waals surface area (Å²) in [6.07, 6.45) is 0.942.